The van der Waals surface area contributed by atoms with Crippen LogP contribution in [0.25, 0.3) is 0 Å². The number of benzene rings is 1. The fourth-order valence-electron chi connectivity index (χ4n) is 1.54. The first-order valence-corrected chi connectivity index (χ1v) is 6.90. The lowest BCUT2D eigenvalue weighted by molar-refractivity contribution is 0.411. The molecule has 1 unspecified atom stereocenters. The number of hydrogen-bond acceptors (Lipinski definition) is 3. The second kappa shape index (κ2) is 6.66. The quantitative estimate of drug-likeness (QED) is 0.826. The molecule has 1 aromatic carbocycles. The highest BCUT2D eigenvalue weighted by Crippen LogP contribution is 2.21. The first kappa shape index (κ1) is 13.2. The summed E-state index contributed by atoms with van der Waals surface area (Å²) in [5.41, 5.74) is 7.61. The Morgan fingerprint density at radius 1 is 1.44 bits per heavy atom. The molecule has 0 saturated heterocycles. The van der Waals surface area contributed by atoms with Gasteiger partial charge in [0.05, 0.1) is 12.9 Å². The molecule has 16 heavy (non-hydrogen) atoms. The number of ether oxygens (including phenoxy) is 1. The molecule has 3 nitrogen and oxygen atoms in total. The van der Waals surface area contributed by atoms with E-state index < -0.39 is 10.8 Å². The van der Waals surface area contributed by atoms with Gasteiger partial charge in [-0.2, -0.15) is 0 Å². The number of hydrogen-bond donors (Lipinski definition) is 1. The van der Waals surface area contributed by atoms with E-state index in [1.165, 1.54) is 0 Å². The van der Waals surface area contributed by atoms with E-state index in [2.05, 4.69) is 0 Å². The van der Waals surface area contributed by atoms with Gasteiger partial charge in [0.1, 0.15) is 5.75 Å². The average molecular weight is 241 g/mol. The van der Waals surface area contributed by atoms with Crippen LogP contribution in [0.3, 0.4) is 0 Å². The van der Waals surface area contributed by atoms with Crippen LogP contribution in [0, 0.1) is 0 Å². The highest BCUT2D eigenvalue weighted by atomic mass is 32.2. The Kier molecular flexibility index (Phi) is 5.49. The summed E-state index contributed by atoms with van der Waals surface area (Å²) >= 11 is 0. The van der Waals surface area contributed by atoms with Gasteiger partial charge < -0.3 is 10.5 Å². The third-order valence-electron chi connectivity index (χ3n) is 2.33. The number of nitrogens with two attached hydrogens (primary N) is 1. The summed E-state index contributed by atoms with van der Waals surface area (Å²) in [7, 11) is 0.815. The van der Waals surface area contributed by atoms with Crippen LogP contribution in [0.15, 0.2) is 18.2 Å². The van der Waals surface area contributed by atoms with Crippen LogP contribution >= 0.6 is 0 Å². The van der Waals surface area contributed by atoms with Crippen molar-refractivity contribution < 1.29 is 8.95 Å². The van der Waals surface area contributed by atoms with Crippen molar-refractivity contribution in [2.75, 3.05) is 12.9 Å². The van der Waals surface area contributed by atoms with Gasteiger partial charge in [-0.15, -0.1) is 0 Å². The number of rotatable bonds is 6. The van der Waals surface area contributed by atoms with Crippen LogP contribution in [0.1, 0.15) is 24.5 Å². The maximum Gasteiger partial charge on any atom is 0.123 e. The van der Waals surface area contributed by atoms with Crippen molar-refractivity contribution in [2.24, 2.45) is 5.73 Å². The Hall–Kier alpha value is -0.870. The van der Waals surface area contributed by atoms with E-state index in [0.29, 0.717) is 12.3 Å². The van der Waals surface area contributed by atoms with E-state index in [4.69, 9.17) is 10.5 Å². The number of methoxy groups -OCH3 is 1. The third kappa shape index (κ3) is 3.61. The van der Waals surface area contributed by atoms with Crippen LogP contribution < -0.4 is 10.5 Å². The van der Waals surface area contributed by atoms with Gasteiger partial charge in [-0.05, 0) is 24.1 Å². The zero-order valence-electron chi connectivity index (χ0n) is 9.86. The zero-order valence-corrected chi connectivity index (χ0v) is 10.7. The van der Waals surface area contributed by atoms with Crippen molar-refractivity contribution in [1.82, 2.24) is 0 Å². The molecular formula is C12H19NO2S. The van der Waals surface area contributed by atoms with E-state index in [9.17, 15) is 4.21 Å². The Balaban J connectivity index is 2.86. The third-order valence-corrected chi connectivity index (χ3v) is 3.83. The minimum Gasteiger partial charge on any atom is -0.496 e. The Morgan fingerprint density at radius 2 is 2.19 bits per heavy atom. The van der Waals surface area contributed by atoms with Gasteiger partial charge in [-0.1, -0.05) is 13.0 Å². The topological polar surface area (TPSA) is 52.3 Å². The molecule has 1 aromatic rings. The summed E-state index contributed by atoms with van der Waals surface area (Å²) in [5.74, 6) is 2.07. The summed E-state index contributed by atoms with van der Waals surface area (Å²) in [5, 5.41) is 0. The fourth-order valence-corrected chi connectivity index (χ4v) is 2.72. The molecule has 0 aliphatic carbocycles. The molecule has 0 amide bonds. The van der Waals surface area contributed by atoms with E-state index in [-0.39, 0.29) is 0 Å². The molecule has 0 fully saturated rings. The largest absolute Gasteiger partial charge is 0.496 e. The normalized spacial score (nSPS) is 12.4. The first-order chi connectivity index (χ1) is 7.71. The van der Waals surface area contributed by atoms with Crippen LogP contribution in [0.2, 0.25) is 0 Å². The highest BCUT2D eigenvalue weighted by Gasteiger charge is 2.07. The second-order valence-corrected chi connectivity index (χ2v) is 5.22. The summed E-state index contributed by atoms with van der Waals surface area (Å²) in [6, 6.07) is 5.80. The van der Waals surface area contributed by atoms with Crippen LogP contribution in [0.5, 0.6) is 5.75 Å². The van der Waals surface area contributed by atoms with Crippen LogP contribution in [-0.4, -0.2) is 17.1 Å². The molecule has 0 aliphatic rings. The molecule has 2 N–H and O–H groups in total. The molecule has 4 heteroatoms. The van der Waals surface area contributed by atoms with Gasteiger partial charge in [0.2, 0.25) is 0 Å². The van der Waals surface area contributed by atoms with Crippen LogP contribution in [0.4, 0.5) is 0 Å². The van der Waals surface area contributed by atoms with Crippen molar-refractivity contribution in [3.05, 3.63) is 29.3 Å². The van der Waals surface area contributed by atoms with Crippen molar-refractivity contribution in [2.45, 2.75) is 25.6 Å². The summed E-state index contributed by atoms with van der Waals surface area (Å²) in [4.78, 5) is 0. The van der Waals surface area contributed by atoms with Gasteiger partial charge in [0.25, 0.3) is 0 Å². The smallest absolute Gasteiger partial charge is 0.123 e. The monoisotopic (exact) mass is 241 g/mol. The fraction of sp³-hybridized carbons (Fsp3) is 0.500. The molecule has 0 heterocycles. The zero-order chi connectivity index (χ0) is 12.0. The van der Waals surface area contributed by atoms with E-state index >= 15 is 0 Å². The summed E-state index contributed by atoms with van der Waals surface area (Å²) in [6.45, 7) is 2.53. The maximum atomic E-state index is 11.7. The Morgan fingerprint density at radius 3 is 2.75 bits per heavy atom. The predicted molar refractivity (Wildman–Crippen MR) is 67.9 cm³/mol. The molecule has 1 atom stereocenters. The van der Waals surface area contributed by atoms with Crippen molar-refractivity contribution in [3.8, 4) is 5.75 Å². The van der Waals surface area contributed by atoms with Crippen molar-refractivity contribution in [1.29, 1.82) is 0 Å². The average Bonchev–Trinajstić information content (AvgIpc) is 2.29. The van der Waals surface area contributed by atoms with Crippen LogP contribution in [-0.2, 0) is 23.1 Å². The Bertz CT molecular complexity index is 366. The lowest BCUT2D eigenvalue weighted by Crippen LogP contribution is -2.04. The first-order valence-electron chi connectivity index (χ1n) is 5.42. The second-order valence-electron chi connectivity index (χ2n) is 3.64. The lowest BCUT2D eigenvalue weighted by Gasteiger charge is -2.09. The minimum atomic E-state index is -0.814. The molecule has 0 aliphatic heterocycles. The van der Waals surface area contributed by atoms with Gasteiger partial charge in [-0.25, -0.2) is 0 Å². The SMILES string of the molecule is CCCS(=O)Cc1cc(CN)ccc1OC. The summed E-state index contributed by atoms with van der Waals surface area (Å²) < 4.78 is 17.0. The molecule has 1 rings (SSSR count). The Labute approximate surface area is 99.4 Å². The molecular weight excluding hydrogens is 222 g/mol. The summed E-state index contributed by atoms with van der Waals surface area (Å²) in [6.07, 6.45) is 0.936. The van der Waals surface area contributed by atoms with E-state index in [1.807, 2.05) is 25.1 Å². The van der Waals surface area contributed by atoms with Gasteiger partial charge >= 0.3 is 0 Å². The minimum absolute atomic E-state index is 0.497. The molecule has 0 saturated carbocycles. The van der Waals surface area contributed by atoms with Gasteiger partial charge in [0.15, 0.2) is 0 Å². The van der Waals surface area contributed by atoms with Gasteiger partial charge in [0, 0.05) is 28.7 Å². The lowest BCUT2D eigenvalue weighted by atomic mass is 10.1. The standard InChI is InChI=1S/C12H19NO2S/c1-3-6-16(14)9-11-7-10(8-13)4-5-12(11)15-2/h4-5,7H,3,6,8-9,13H2,1-2H3. The van der Waals surface area contributed by atoms with Crippen molar-refractivity contribution >= 4 is 10.8 Å². The molecule has 0 bridgehead atoms. The predicted octanol–water partition coefficient (Wildman–Crippen LogP) is 1.81. The molecule has 0 radical (unpaired) electrons. The van der Waals surface area contributed by atoms with Gasteiger partial charge in [-0.3, -0.25) is 4.21 Å². The molecule has 0 aromatic heterocycles. The molecule has 0 spiro atoms. The maximum absolute atomic E-state index is 11.7. The van der Waals surface area contributed by atoms with E-state index in [1.54, 1.807) is 7.11 Å². The van der Waals surface area contributed by atoms with Crippen molar-refractivity contribution in [3.63, 3.8) is 0 Å². The highest BCUT2D eigenvalue weighted by molar-refractivity contribution is 7.84. The molecule has 90 valence electrons. The van der Waals surface area contributed by atoms with E-state index in [0.717, 1.165) is 29.1 Å².